The lowest BCUT2D eigenvalue weighted by atomic mass is 10.2. The Labute approximate surface area is 135 Å². The van der Waals surface area contributed by atoms with Crippen LogP contribution < -0.4 is 0 Å². The molecule has 0 radical (unpaired) electrons. The van der Waals surface area contributed by atoms with Gasteiger partial charge in [0.1, 0.15) is 5.82 Å². The lowest BCUT2D eigenvalue weighted by Gasteiger charge is -2.11. The molecule has 0 aliphatic rings. The van der Waals surface area contributed by atoms with E-state index in [1.807, 2.05) is 42.5 Å². The summed E-state index contributed by atoms with van der Waals surface area (Å²) in [5.74, 6) is 1.45. The minimum Gasteiger partial charge on any atom is -0.295 e. The maximum atomic E-state index is 6.38. The molecular weight excluding hydrogens is 359 g/mol. The smallest absolute Gasteiger partial charge is 0.115 e. The lowest BCUT2D eigenvalue weighted by Crippen LogP contribution is -2.02. The molecule has 1 aromatic heterocycles. The molecule has 0 N–H and O–H groups in total. The van der Waals surface area contributed by atoms with Crippen LogP contribution in [0.5, 0.6) is 0 Å². The van der Waals surface area contributed by atoms with Crippen molar-refractivity contribution in [1.82, 2.24) is 9.55 Å². The number of alkyl halides is 1. The first-order valence-corrected chi connectivity index (χ1v) is 7.89. The molecule has 2 aromatic carbocycles. The molecule has 3 rings (SSSR count). The minimum absolute atomic E-state index is 0.525. The van der Waals surface area contributed by atoms with Gasteiger partial charge in [0, 0.05) is 16.8 Å². The summed E-state index contributed by atoms with van der Waals surface area (Å²) >= 11 is 15.7. The zero-order valence-electron chi connectivity index (χ0n) is 10.5. The van der Waals surface area contributed by atoms with E-state index in [0.29, 0.717) is 17.3 Å². The van der Waals surface area contributed by atoms with Crippen LogP contribution in [-0.2, 0) is 6.42 Å². The van der Waals surface area contributed by atoms with E-state index in [0.717, 1.165) is 27.0 Å². The third-order valence-electron chi connectivity index (χ3n) is 3.10. The number of nitrogens with zero attached hydrogens (tertiary/aromatic N) is 2. The summed E-state index contributed by atoms with van der Waals surface area (Å²) in [6.07, 6.45) is 0.697. The van der Waals surface area contributed by atoms with Gasteiger partial charge in [-0.25, -0.2) is 4.98 Å². The largest absolute Gasteiger partial charge is 0.295 e. The number of fused-ring (bicyclic) bond motifs is 1. The number of aryl methyl sites for hydroxylation is 1. The van der Waals surface area contributed by atoms with Crippen LogP contribution in [0.3, 0.4) is 0 Å². The summed E-state index contributed by atoms with van der Waals surface area (Å²) in [6.45, 7) is 0. The molecule has 5 heteroatoms. The van der Waals surface area contributed by atoms with Crippen molar-refractivity contribution < 1.29 is 0 Å². The van der Waals surface area contributed by atoms with Gasteiger partial charge in [-0.1, -0.05) is 39.7 Å². The van der Waals surface area contributed by atoms with Crippen LogP contribution in [0.1, 0.15) is 5.82 Å². The second-order valence-corrected chi connectivity index (χ2v) is 6.09. The second-order valence-electron chi connectivity index (χ2n) is 4.39. The van der Waals surface area contributed by atoms with Gasteiger partial charge in [0.2, 0.25) is 0 Å². The summed E-state index contributed by atoms with van der Waals surface area (Å²) in [5.41, 5.74) is 2.91. The van der Waals surface area contributed by atoms with Crippen molar-refractivity contribution in [3.05, 3.63) is 57.8 Å². The summed E-state index contributed by atoms with van der Waals surface area (Å²) in [4.78, 5) is 4.65. The van der Waals surface area contributed by atoms with E-state index in [4.69, 9.17) is 23.2 Å². The maximum Gasteiger partial charge on any atom is 0.115 e. The molecule has 2 nitrogen and oxygen atoms in total. The van der Waals surface area contributed by atoms with Crippen molar-refractivity contribution >= 4 is 50.2 Å². The molecule has 0 aliphatic carbocycles. The molecule has 0 spiro atoms. The molecule has 3 aromatic rings. The Bertz CT molecular complexity index is 768. The Morgan fingerprint density at radius 3 is 2.70 bits per heavy atom. The predicted octanol–water partition coefficient (Wildman–Crippen LogP) is 5.22. The van der Waals surface area contributed by atoms with Gasteiger partial charge in [-0.3, -0.25) is 4.57 Å². The Hall–Kier alpha value is -1.03. The highest BCUT2D eigenvalue weighted by Gasteiger charge is 2.14. The van der Waals surface area contributed by atoms with Crippen molar-refractivity contribution in [2.75, 3.05) is 5.88 Å². The zero-order valence-corrected chi connectivity index (χ0v) is 13.6. The van der Waals surface area contributed by atoms with E-state index in [9.17, 15) is 0 Å². The van der Waals surface area contributed by atoms with Crippen LogP contribution in [0, 0.1) is 0 Å². The highest BCUT2D eigenvalue weighted by molar-refractivity contribution is 9.10. The SMILES string of the molecule is ClCCc1nc2ccccc2n1-c1ccc(Br)cc1Cl. The molecule has 0 saturated heterocycles. The molecule has 1 heterocycles. The van der Waals surface area contributed by atoms with Crippen LogP contribution in [0.2, 0.25) is 5.02 Å². The standard InChI is InChI=1S/C15H11BrCl2N2/c16-10-5-6-13(11(18)9-10)20-14-4-2-1-3-12(14)19-15(20)7-8-17/h1-6,9H,7-8H2. The van der Waals surface area contributed by atoms with Crippen LogP contribution >= 0.6 is 39.1 Å². The average molecular weight is 370 g/mol. The van der Waals surface area contributed by atoms with Gasteiger partial charge in [-0.15, -0.1) is 11.6 Å². The van der Waals surface area contributed by atoms with Crippen LogP contribution in [0.25, 0.3) is 16.7 Å². The number of hydrogen-bond donors (Lipinski definition) is 0. The van der Waals surface area contributed by atoms with Gasteiger partial charge in [0.15, 0.2) is 0 Å². The first kappa shape index (κ1) is 13.9. The highest BCUT2D eigenvalue weighted by Crippen LogP contribution is 2.29. The Balaban J connectivity index is 2.30. The third kappa shape index (κ3) is 2.46. The van der Waals surface area contributed by atoms with E-state index in [-0.39, 0.29) is 0 Å². The van der Waals surface area contributed by atoms with Gasteiger partial charge >= 0.3 is 0 Å². The number of rotatable bonds is 3. The molecule has 0 bridgehead atoms. The van der Waals surface area contributed by atoms with E-state index in [2.05, 4.69) is 25.5 Å². The lowest BCUT2D eigenvalue weighted by molar-refractivity contribution is 0.912. The van der Waals surface area contributed by atoms with Crippen molar-refractivity contribution in [1.29, 1.82) is 0 Å². The number of para-hydroxylation sites is 2. The van der Waals surface area contributed by atoms with Gasteiger partial charge in [0.25, 0.3) is 0 Å². The third-order valence-corrected chi connectivity index (χ3v) is 4.08. The van der Waals surface area contributed by atoms with Crippen molar-refractivity contribution in [3.63, 3.8) is 0 Å². The normalized spacial score (nSPS) is 11.2. The number of aromatic nitrogens is 2. The molecule has 0 fully saturated rings. The second kappa shape index (κ2) is 5.76. The van der Waals surface area contributed by atoms with Crippen molar-refractivity contribution in [2.45, 2.75) is 6.42 Å². The van der Waals surface area contributed by atoms with Crippen molar-refractivity contribution in [3.8, 4) is 5.69 Å². The molecule has 20 heavy (non-hydrogen) atoms. The topological polar surface area (TPSA) is 17.8 Å². The Kier molecular flexibility index (Phi) is 4.01. The highest BCUT2D eigenvalue weighted by atomic mass is 79.9. The summed E-state index contributed by atoms with van der Waals surface area (Å²) in [7, 11) is 0. The van der Waals surface area contributed by atoms with Gasteiger partial charge < -0.3 is 0 Å². The first-order chi connectivity index (χ1) is 9.70. The predicted molar refractivity (Wildman–Crippen MR) is 88.2 cm³/mol. The van der Waals surface area contributed by atoms with Crippen LogP contribution in [-0.4, -0.2) is 15.4 Å². The number of imidazole rings is 1. The first-order valence-electron chi connectivity index (χ1n) is 6.18. The van der Waals surface area contributed by atoms with E-state index < -0.39 is 0 Å². The number of halogens is 3. The Morgan fingerprint density at radius 1 is 1.15 bits per heavy atom. The fourth-order valence-electron chi connectivity index (χ4n) is 2.26. The molecule has 0 atom stereocenters. The van der Waals surface area contributed by atoms with Crippen molar-refractivity contribution in [2.24, 2.45) is 0 Å². The van der Waals surface area contributed by atoms with Crippen LogP contribution in [0.4, 0.5) is 0 Å². The number of hydrogen-bond acceptors (Lipinski definition) is 1. The quantitative estimate of drug-likeness (QED) is 0.578. The maximum absolute atomic E-state index is 6.38. The summed E-state index contributed by atoms with van der Waals surface area (Å²) < 4.78 is 3.03. The summed E-state index contributed by atoms with van der Waals surface area (Å²) in [5, 5.41) is 0.679. The summed E-state index contributed by atoms with van der Waals surface area (Å²) in [6, 6.07) is 13.9. The molecule has 0 saturated carbocycles. The number of benzene rings is 2. The molecule has 0 aliphatic heterocycles. The average Bonchev–Trinajstić information content (AvgIpc) is 2.78. The minimum atomic E-state index is 0.525. The van der Waals surface area contributed by atoms with Gasteiger partial charge in [0.05, 0.1) is 21.7 Å². The van der Waals surface area contributed by atoms with Gasteiger partial charge in [-0.05, 0) is 30.3 Å². The van der Waals surface area contributed by atoms with E-state index in [1.165, 1.54) is 0 Å². The monoisotopic (exact) mass is 368 g/mol. The van der Waals surface area contributed by atoms with Crippen LogP contribution in [0.15, 0.2) is 46.9 Å². The Morgan fingerprint density at radius 2 is 1.95 bits per heavy atom. The van der Waals surface area contributed by atoms with E-state index in [1.54, 1.807) is 0 Å². The zero-order chi connectivity index (χ0) is 14.1. The van der Waals surface area contributed by atoms with E-state index >= 15 is 0 Å². The fraction of sp³-hybridized carbons (Fsp3) is 0.133. The molecule has 0 amide bonds. The fourth-order valence-corrected chi connectivity index (χ4v) is 3.19. The molecule has 102 valence electrons. The molecule has 0 unspecified atom stereocenters. The molecular formula is C15H11BrCl2N2. The van der Waals surface area contributed by atoms with Gasteiger partial charge in [-0.2, -0.15) is 0 Å².